The fraction of sp³-hybridized carbons (Fsp3) is 0.733. The van der Waals surface area contributed by atoms with Crippen LogP contribution in [-0.4, -0.2) is 19.3 Å². The van der Waals surface area contributed by atoms with Crippen LogP contribution in [0, 0.1) is 0 Å². The summed E-state index contributed by atoms with van der Waals surface area (Å²) in [5.41, 5.74) is 0. The summed E-state index contributed by atoms with van der Waals surface area (Å²) in [5, 5.41) is 0.373. The Hall–Kier alpha value is -0.703. The molecule has 0 atom stereocenters. The van der Waals surface area contributed by atoms with Gasteiger partial charge in [-0.05, 0) is 17.5 Å². The summed E-state index contributed by atoms with van der Waals surface area (Å²) in [4.78, 5) is 23.8. The maximum atomic E-state index is 12.2. The average molecular weight is 268 g/mol. The molecule has 0 aromatic carbocycles. The molecule has 0 N–H and O–H groups in total. The highest BCUT2D eigenvalue weighted by molar-refractivity contribution is 7.06. The summed E-state index contributed by atoms with van der Waals surface area (Å²) >= 11 is 0. The Morgan fingerprint density at radius 3 is 2.11 bits per heavy atom. The van der Waals surface area contributed by atoms with Crippen LogP contribution >= 0.6 is 0 Å². The molecule has 0 bridgehead atoms. The molecule has 0 rings (SSSR count). The molecule has 0 aromatic heterocycles. The van der Waals surface area contributed by atoms with Gasteiger partial charge in [-0.15, -0.1) is 0 Å². The van der Waals surface area contributed by atoms with Crippen molar-refractivity contribution in [1.82, 2.24) is 0 Å². The van der Waals surface area contributed by atoms with Crippen molar-refractivity contribution in [3.63, 3.8) is 0 Å². The number of allylic oxidation sites excluding steroid dienone is 2. The molecule has 0 amide bonds. The van der Waals surface area contributed by atoms with E-state index in [-0.39, 0.29) is 10.8 Å². The summed E-state index contributed by atoms with van der Waals surface area (Å²) in [6.45, 7) is 12.7. The molecular weight excluding hydrogens is 240 g/mol. The van der Waals surface area contributed by atoms with Crippen molar-refractivity contribution in [3.05, 3.63) is 12.2 Å². The van der Waals surface area contributed by atoms with Gasteiger partial charge in [0.15, 0.2) is 5.78 Å². The van der Waals surface area contributed by atoms with Gasteiger partial charge < -0.3 is 4.79 Å². The molecule has 0 radical (unpaired) electrons. The van der Waals surface area contributed by atoms with Crippen molar-refractivity contribution in [3.8, 4) is 0 Å². The summed E-state index contributed by atoms with van der Waals surface area (Å²) in [7, 11) is -1.93. The van der Waals surface area contributed by atoms with E-state index in [1.165, 1.54) is 0 Å². The van der Waals surface area contributed by atoms with E-state index in [1.54, 1.807) is 6.08 Å². The number of rotatable bonds is 7. The van der Waals surface area contributed by atoms with E-state index in [0.29, 0.717) is 18.2 Å². The van der Waals surface area contributed by atoms with Crippen LogP contribution in [0.1, 0.15) is 53.4 Å². The molecule has 18 heavy (non-hydrogen) atoms. The average Bonchev–Trinajstić information content (AvgIpc) is 2.24. The first-order valence-corrected chi connectivity index (χ1v) is 9.85. The monoisotopic (exact) mass is 268 g/mol. The Labute approximate surface area is 113 Å². The molecular formula is C15H28O2Si. The minimum atomic E-state index is -1.93. The standard InChI is InChI=1S/C15H28O2Si/c1-7-8-9-10-13(16)11-12-14(17)18(5,6)15(2,3)4/h9-10H,7-8,11-12H2,1-6H3/b10-9+. The van der Waals surface area contributed by atoms with Gasteiger partial charge in [0.1, 0.15) is 13.5 Å². The van der Waals surface area contributed by atoms with Crippen molar-refractivity contribution >= 4 is 19.3 Å². The molecule has 0 saturated carbocycles. The lowest BCUT2D eigenvalue weighted by Gasteiger charge is -2.35. The van der Waals surface area contributed by atoms with Gasteiger partial charge in [0.05, 0.1) is 0 Å². The lowest BCUT2D eigenvalue weighted by atomic mass is 10.2. The van der Waals surface area contributed by atoms with E-state index in [2.05, 4.69) is 40.8 Å². The van der Waals surface area contributed by atoms with Crippen LogP contribution in [-0.2, 0) is 9.59 Å². The smallest absolute Gasteiger partial charge is 0.155 e. The normalized spacial score (nSPS) is 13.0. The van der Waals surface area contributed by atoms with Crippen LogP contribution in [0.25, 0.3) is 0 Å². The van der Waals surface area contributed by atoms with E-state index in [9.17, 15) is 9.59 Å². The second-order valence-corrected chi connectivity index (χ2v) is 11.8. The Morgan fingerprint density at radius 1 is 1.11 bits per heavy atom. The molecule has 104 valence electrons. The molecule has 0 aliphatic carbocycles. The lowest BCUT2D eigenvalue weighted by molar-refractivity contribution is -0.118. The number of hydrogen-bond acceptors (Lipinski definition) is 2. The van der Waals surface area contributed by atoms with Crippen molar-refractivity contribution in [1.29, 1.82) is 0 Å². The quantitative estimate of drug-likeness (QED) is 0.509. The predicted molar refractivity (Wildman–Crippen MR) is 80.5 cm³/mol. The fourth-order valence-corrected chi connectivity index (χ4v) is 3.02. The number of carbonyl (C=O) groups excluding carboxylic acids is 2. The van der Waals surface area contributed by atoms with Gasteiger partial charge in [0.25, 0.3) is 0 Å². The first-order valence-electron chi connectivity index (χ1n) is 6.85. The Bertz CT molecular complexity index is 322. The first kappa shape index (κ1) is 17.3. The highest BCUT2D eigenvalue weighted by Crippen LogP contribution is 2.37. The second-order valence-electron chi connectivity index (χ2n) is 6.46. The van der Waals surface area contributed by atoms with Crippen LogP contribution in [0.15, 0.2) is 12.2 Å². The van der Waals surface area contributed by atoms with Crippen molar-refractivity contribution < 1.29 is 9.59 Å². The van der Waals surface area contributed by atoms with Crippen molar-refractivity contribution in [2.24, 2.45) is 0 Å². The van der Waals surface area contributed by atoms with E-state index in [1.807, 2.05) is 6.08 Å². The summed E-state index contributed by atoms with van der Waals surface area (Å²) < 4.78 is 0. The maximum Gasteiger partial charge on any atom is 0.155 e. The Morgan fingerprint density at radius 2 is 1.67 bits per heavy atom. The number of carbonyl (C=O) groups is 2. The molecule has 2 nitrogen and oxygen atoms in total. The number of hydrogen-bond donors (Lipinski definition) is 0. The lowest BCUT2D eigenvalue weighted by Crippen LogP contribution is -2.46. The Balaban J connectivity index is 4.31. The van der Waals surface area contributed by atoms with Crippen LogP contribution in [0.3, 0.4) is 0 Å². The van der Waals surface area contributed by atoms with Gasteiger partial charge in [-0.25, -0.2) is 0 Å². The zero-order chi connectivity index (χ0) is 14.4. The van der Waals surface area contributed by atoms with E-state index in [4.69, 9.17) is 0 Å². The summed E-state index contributed by atoms with van der Waals surface area (Å²) in [6.07, 6.45) is 6.29. The zero-order valence-electron chi connectivity index (χ0n) is 12.8. The topological polar surface area (TPSA) is 34.1 Å². The molecule has 0 aromatic rings. The van der Waals surface area contributed by atoms with Gasteiger partial charge in [0, 0.05) is 12.8 Å². The highest BCUT2D eigenvalue weighted by Gasteiger charge is 2.41. The second kappa shape index (κ2) is 7.03. The van der Waals surface area contributed by atoms with Crippen LogP contribution in [0.4, 0.5) is 0 Å². The third-order valence-electron chi connectivity index (χ3n) is 3.93. The first-order chi connectivity index (χ1) is 8.13. The third kappa shape index (κ3) is 5.30. The maximum absolute atomic E-state index is 12.2. The minimum absolute atomic E-state index is 0.0607. The van der Waals surface area contributed by atoms with Gasteiger partial charge >= 0.3 is 0 Å². The Kier molecular flexibility index (Phi) is 6.75. The van der Waals surface area contributed by atoms with Crippen LogP contribution in [0.2, 0.25) is 18.1 Å². The van der Waals surface area contributed by atoms with Crippen molar-refractivity contribution in [2.45, 2.75) is 71.5 Å². The van der Waals surface area contributed by atoms with Gasteiger partial charge in [0.2, 0.25) is 0 Å². The largest absolute Gasteiger partial charge is 0.305 e. The summed E-state index contributed by atoms with van der Waals surface area (Å²) in [5.74, 6) is 0.0792. The van der Waals surface area contributed by atoms with E-state index in [0.717, 1.165) is 12.8 Å². The van der Waals surface area contributed by atoms with E-state index >= 15 is 0 Å². The highest BCUT2D eigenvalue weighted by atomic mass is 28.3. The van der Waals surface area contributed by atoms with Crippen LogP contribution < -0.4 is 0 Å². The molecule has 3 heteroatoms. The summed E-state index contributed by atoms with van der Waals surface area (Å²) in [6, 6.07) is 0. The third-order valence-corrected chi connectivity index (χ3v) is 9.32. The van der Waals surface area contributed by atoms with Crippen molar-refractivity contribution in [2.75, 3.05) is 0 Å². The predicted octanol–water partition coefficient (Wildman–Crippen LogP) is 4.31. The number of unbranched alkanes of at least 4 members (excludes halogenated alkanes) is 1. The van der Waals surface area contributed by atoms with Gasteiger partial charge in [-0.1, -0.05) is 53.3 Å². The van der Waals surface area contributed by atoms with E-state index < -0.39 is 8.07 Å². The molecule has 0 saturated heterocycles. The van der Waals surface area contributed by atoms with Crippen LogP contribution in [0.5, 0.6) is 0 Å². The SMILES string of the molecule is CCC/C=C/C(=O)CCC(=O)[Si](C)(C)C(C)(C)C. The molecule has 0 aliphatic heterocycles. The molecule has 0 fully saturated rings. The van der Waals surface area contributed by atoms with Gasteiger partial charge in [-0.3, -0.25) is 4.79 Å². The molecule has 0 unspecified atom stereocenters. The molecule has 0 spiro atoms. The molecule has 0 heterocycles. The number of ketones is 1. The zero-order valence-corrected chi connectivity index (χ0v) is 13.8. The fourth-order valence-electron chi connectivity index (χ4n) is 1.43. The minimum Gasteiger partial charge on any atom is -0.305 e. The van der Waals surface area contributed by atoms with Gasteiger partial charge in [-0.2, -0.15) is 0 Å². The molecule has 0 aliphatic rings.